The lowest BCUT2D eigenvalue weighted by Crippen LogP contribution is -1.98. The van der Waals surface area contributed by atoms with Crippen molar-refractivity contribution in [1.29, 1.82) is 0 Å². The number of hydrogen-bond acceptors (Lipinski definition) is 2. The molecule has 0 atom stereocenters. The zero-order chi connectivity index (χ0) is 10.3. The van der Waals surface area contributed by atoms with Crippen molar-refractivity contribution in [3.8, 4) is 0 Å². The predicted octanol–water partition coefficient (Wildman–Crippen LogP) is 2.75. The van der Waals surface area contributed by atoms with E-state index in [1.165, 1.54) is 0 Å². The van der Waals surface area contributed by atoms with E-state index in [0.29, 0.717) is 11.0 Å². The monoisotopic (exact) mass is 195 g/mol. The van der Waals surface area contributed by atoms with Gasteiger partial charge in [0.2, 0.25) is 0 Å². The van der Waals surface area contributed by atoms with Crippen molar-refractivity contribution in [2.45, 2.75) is 0 Å². The summed E-state index contributed by atoms with van der Waals surface area (Å²) in [5, 5.41) is 2.46. The second kappa shape index (κ2) is 2.95. The molecule has 2 aromatic carbocycles. The average Bonchev–Trinajstić information content (AvgIpc) is 2.30. The third-order valence-corrected chi connectivity index (χ3v) is 2.46. The molecule has 0 aliphatic heterocycles. The van der Waals surface area contributed by atoms with Crippen LogP contribution in [0.15, 0.2) is 51.7 Å². The van der Waals surface area contributed by atoms with Crippen molar-refractivity contribution >= 4 is 21.7 Å². The number of hydrogen-bond donors (Lipinski definition) is 0. The van der Waals surface area contributed by atoms with Gasteiger partial charge in [-0.05, 0) is 29.7 Å². The summed E-state index contributed by atoms with van der Waals surface area (Å²) in [4.78, 5) is 11.6. The van der Waals surface area contributed by atoms with Gasteiger partial charge in [-0.15, -0.1) is 0 Å². The summed E-state index contributed by atoms with van der Waals surface area (Å²) in [5.74, 6) is 0. The van der Waals surface area contributed by atoms with E-state index in [9.17, 15) is 4.79 Å². The van der Waals surface area contributed by atoms with Crippen molar-refractivity contribution in [3.63, 3.8) is 0 Å². The summed E-state index contributed by atoms with van der Waals surface area (Å²) in [6, 6.07) is 15.7. The first-order chi connectivity index (χ1) is 7.36. The summed E-state index contributed by atoms with van der Waals surface area (Å²) in [6.07, 6.45) is 0. The lowest BCUT2D eigenvalue weighted by Gasteiger charge is -2.00. The van der Waals surface area contributed by atoms with E-state index in [1.807, 2.05) is 24.3 Å². The molecule has 0 saturated heterocycles. The van der Waals surface area contributed by atoms with Gasteiger partial charge in [-0.25, -0.2) is 4.79 Å². The zero-order valence-electron chi connectivity index (χ0n) is 7.86. The zero-order valence-corrected chi connectivity index (χ0v) is 7.86. The normalized spacial score (nSPS) is 10.9. The molecule has 1 heterocycles. The lowest BCUT2D eigenvalue weighted by atomic mass is 10.1. The largest absolute Gasteiger partial charge is 0.422 e. The molecular formula is C13H7O2. The van der Waals surface area contributed by atoms with E-state index in [2.05, 4.69) is 6.07 Å². The molecule has 2 nitrogen and oxygen atoms in total. The van der Waals surface area contributed by atoms with Gasteiger partial charge in [-0.2, -0.15) is 0 Å². The van der Waals surface area contributed by atoms with Crippen LogP contribution in [0, 0.1) is 6.07 Å². The minimum atomic E-state index is -0.288. The van der Waals surface area contributed by atoms with Crippen molar-refractivity contribution in [3.05, 3.63) is 59.0 Å². The number of benzene rings is 2. The first-order valence-corrected chi connectivity index (χ1v) is 4.68. The van der Waals surface area contributed by atoms with Gasteiger partial charge >= 0.3 is 5.63 Å². The van der Waals surface area contributed by atoms with Gasteiger partial charge in [0, 0.05) is 5.39 Å². The van der Waals surface area contributed by atoms with E-state index in [-0.39, 0.29) is 5.63 Å². The summed E-state index contributed by atoms with van der Waals surface area (Å²) in [5.41, 5.74) is 0.321. The Morgan fingerprint density at radius 2 is 1.80 bits per heavy atom. The Balaban J connectivity index is 2.70. The topological polar surface area (TPSA) is 30.2 Å². The number of rotatable bonds is 0. The Labute approximate surface area is 85.8 Å². The van der Waals surface area contributed by atoms with E-state index in [4.69, 9.17) is 4.42 Å². The molecule has 3 aromatic rings. The van der Waals surface area contributed by atoms with Crippen molar-refractivity contribution < 1.29 is 4.42 Å². The Kier molecular flexibility index (Phi) is 1.62. The molecule has 0 N–H and O–H groups in total. The second-order valence-electron chi connectivity index (χ2n) is 3.36. The van der Waals surface area contributed by atoms with E-state index in [1.54, 1.807) is 18.2 Å². The van der Waals surface area contributed by atoms with Crippen LogP contribution in [0.2, 0.25) is 0 Å². The second-order valence-corrected chi connectivity index (χ2v) is 3.36. The van der Waals surface area contributed by atoms with Gasteiger partial charge in [-0.1, -0.05) is 24.3 Å². The third kappa shape index (κ3) is 1.15. The molecule has 0 fully saturated rings. The molecule has 15 heavy (non-hydrogen) atoms. The van der Waals surface area contributed by atoms with Crippen LogP contribution in [0.4, 0.5) is 0 Å². The van der Waals surface area contributed by atoms with Crippen LogP contribution in [-0.4, -0.2) is 0 Å². The van der Waals surface area contributed by atoms with Gasteiger partial charge < -0.3 is 4.42 Å². The van der Waals surface area contributed by atoms with Crippen LogP contribution in [0.3, 0.4) is 0 Å². The van der Waals surface area contributed by atoms with E-state index < -0.39 is 0 Å². The molecule has 0 unspecified atom stereocenters. The van der Waals surface area contributed by atoms with Crippen LogP contribution < -0.4 is 5.63 Å². The van der Waals surface area contributed by atoms with Crippen LogP contribution in [0.1, 0.15) is 0 Å². The van der Waals surface area contributed by atoms with Crippen molar-refractivity contribution in [1.82, 2.24) is 0 Å². The Morgan fingerprint density at radius 1 is 1.00 bits per heavy atom. The summed E-state index contributed by atoms with van der Waals surface area (Å²) in [7, 11) is 0. The van der Waals surface area contributed by atoms with Gasteiger partial charge in [-0.3, -0.25) is 0 Å². The Bertz CT molecular complexity index is 695. The van der Waals surface area contributed by atoms with E-state index >= 15 is 0 Å². The molecular weight excluding hydrogens is 188 g/mol. The Hall–Kier alpha value is -2.09. The first-order valence-electron chi connectivity index (χ1n) is 4.68. The standard InChI is InChI=1S/C13H7O2/c14-13-11-7-2-1-5-9(11)10-6-3-4-8-12(10)15-13/h1-2,4-8H. The fraction of sp³-hybridized carbons (Fsp3) is 0. The Morgan fingerprint density at radius 3 is 2.67 bits per heavy atom. The van der Waals surface area contributed by atoms with Gasteiger partial charge in [0.1, 0.15) is 5.58 Å². The molecule has 0 amide bonds. The molecule has 0 aliphatic rings. The van der Waals surface area contributed by atoms with Crippen LogP contribution in [-0.2, 0) is 0 Å². The maximum atomic E-state index is 11.6. The minimum absolute atomic E-state index is 0.288. The highest BCUT2D eigenvalue weighted by Crippen LogP contribution is 2.21. The molecule has 0 spiro atoms. The summed E-state index contributed by atoms with van der Waals surface area (Å²) in [6.45, 7) is 0. The summed E-state index contributed by atoms with van der Waals surface area (Å²) >= 11 is 0. The summed E-state index contributed by atoms with van der Waals surface area (Å²) < 4.78 is 5.20. The molecule has 1 radical (unpaired) electrons. The minimum Gasteiger partial charge on any atom is -0.422 e. The molecule has 0 aliphatic carbocycles. The average molecular weight is 195 g/mol. The molecule has 0 saturated carbocycles. The number of fused-ring (bicyclic) bond motifs is 3. The maximum Gasteiger partial charge on any atom is 0.344 e. The molecule has 1 aromatic heterocycles. The van der Waals surface area contributed by atoms with Gasteiger partial charge in [0.25, 0.3) is 0 Å². The lowest BCUT2D eigenvalue weighted by molar-refractivity contribution is 0.569. The third-order valence-electron chi connectivity index (χ3n) is 2.46. The van der Waals surface area contributed by atoms with Crippen LogP contribution >= 0.6 is 0 Å². The van der Waals surface area contributed by atoms with Gasteiger partial charge in [0.05, 0.1) is 5.39 Å². The fourth-order valence-corrected chi connectivity index (χ4v) is 1.77. The molecule has 0 bridgehead atoms. The first kappa shape index (κ1) is 8.24. The van der Waals surface area contributed by atoms with Crippen molar-refractivity contribution in [2.75, 3.05) is 0 Å². The SMILES string of the molecule is O=c1oc2cc[c]cc2c2ccccc12. The predicted molar refractivity (Wildman–Crippen MR) is 58.8 cm³/mol. The van der Waals surface area contributed by atoms with Crippen LogP contribution in [0.25, 0.3) is 21.7 Å². The molecule has 2 heteroatoms. The van der Waals surface area contributed by atoms with Gasteiger partial charge in [0.15, 0.2) is 0 Å². The van der Waals surface area contributed by atoms with Crippen molar-refractivity contribution in [2.24, 2.45) is 0 Å². The quantitative estimate of drug-likeness (QED) is 0.408. The maximum absolute atomic E-state index is 11.6. The fourth-order valence-electron chi connectivity index (χ4n) is 1.77. The highest BCUT2D eigenvalue weighted by molar-refractivity contribution is 6.03. The highest BCUT2D eigenvalue weighted by Gasteiger charge is 2.04. The highest BCUT2D eigenvalue weighted by atomic mass is 16.4. The van der Waals surface area contributed by atoms with E-state index in [0.717, 1.165) is 10.8 Å². The smallest absolute Gasteiger partial charge is 0.344 e. The molecule has 71 valence electrons. The molecule has 3 rings (SSSR count). The van der Waals surface area contributed by atoms with Crippen LogP contribution in [0.5, 0.6) is 0 Å².